The molecule has 4 N–H and O–H groups in total. The van der Waals surface area contributed by atoms with E-state index in [2.05, 4.69) is 15.0 Å². The van der Waals surface area contributed by atoms with Crippen molar-refractivity contribution < 1.29 is 22.4 Å². The molecular weight excluding hydrogens is 371 g/mol. The molecule has 0 radical (unpaired) electrons. The number of hydrogen-bond acceptors (Lipinski definition) is 6. The Kier molecular flexibility index (Phi) is 5.82. The first-order valence-electron chi connectivity index (χ1n) is 6.99. The average molecular weight is 386 g/mol. The van der Waals surface area contributed by atoms with Gasteiger partial charge in [-0.1, -0.05) is 12.1 Å². The van der Waals surface area contributed by atoms with Gasteiger partial charge in [0.1, 0.15) is 10.7 Å². The normalized spacial score (nSPS) is 12.6. The molecule has 2 rings (SSSR count). The van der Waals surface area contributed by atoms with E-state index in [1.54, 1.807) is 5.38 Å². The van der Waals surface area contributed by atoms with Crippen LogP contribution in [0.15, 0.2) is 34.5 Å². The van der Waals surface area contributed by atoms with E-state index >= 15 is 0 Å². The number of carbonyl (C=O) groups is 2. The number of anilines is 1. The summed E-state index contributed by atoms with van der Waals surface area (Å²) in [7, 11) is -4.20. The molecule has 11 heteroatoms. The Labute approximate surface area is 147 Å². The standard InChI is InChI=1S/C14H15FN4O4S2/c1-8(19-25(22,23)11-5-3-2-4-10(11)15)13(21)18-14-17-9(7-24-14)6-12(16)20/h2-5,7-8,19H,6H2,1H3,(H2,16,20)(H,17,18,21)/t8-/m0/s1. The minimum atomic E-state index is -4.20. The van der Waals surface area contributed by atoms with Gasteiger partial charge in [0.05, 0.1) is 18.2 Å². The van der Waals surface area contributed by atoms with Gasteiger partial charge < -0.3 is 11.1 Å². The Morgan fingerprint density at radius 3 is 2.68 bits per heavy atom. The van der Waals surface area contributed by atoms with Gasteiger partial charge in [0.25, 0.3) is 0 Å². The molecule has 1 aromatic carbocycles. The fourth-order valence-corrected chi connectivity index (χ4v) is 3.85. The number of nitrogens with zero attached hydrogens (tertiary/aromatic N) is 1. The molecule has 0 aliphatic carbocycles. The topological polar surface area (TPSA) is 131 Å². The molecule has 134 valence electrons. The zero-order chi connectivity index (χ0) is 18.6. The molecule has 2 amide bonds. The molecule has 0 aliphatic rings. The Hall–Kier alpha value is -2.37. The third kappa shape index (κ3) is 5.05. The van der Waals surface area contributed by atoms with Gasteiger partial charge in [0, 0.05) is 5.38 Å². The Morgan fingerprint density at radius 1 is 1.36 bits per heavy atom. The van der Waals surface area contributed by atoms with Crippen molar-refractivity contribution in [1.29, 1.82) is 0 Å². The summed E-state index contributed by atoms with van der Waals surface area (Å²) in [6, 6.07) is 3.66. The van der Waals surface area contributed by atoms with Gasteiger partial charge in [-0.25, -0.2) is 17.8 Å². The monoisotopic (exact) mass is 386 g/mol. The fraction of sp³-hybridized carbons (Fsp3) is 0.214. The van der Waals surface area contributed by atoms with Gasteiger partial charge in [-0.3, -0.25) is 9.59 Å². The van der Waals surface area contributed by atoms with Crippen LogP contribution in [0, 0.1) is 5.82 Å². The van der Waals surface area contributed by atoms with E-state index in [0.717, 1.165) is 23.5 Å². The highest BCUT2D eigenvalue weighted by atomic mass is 32.2. The number of halogens is 1. The van der Waals surface area contributed by atoms with Crippen LogP contribution in [0.2, 0.25) is 0 Å². The van der Waals surface area contributed by atoms with Crippen LogP contribution in [0.1, 0.15) is 12.6 Å². The van der Waals surface area contributed by atoms with Gasteiger partial charge in [-0.2, -0.15) is 4.72 Å². The predicted octanol–water partition coefficient (Wildman–Crippen LogP) is 0.615. The Balaban J connectivity index is 2.04. The van der Waals surface area contributed by atoms with E-state index in [4.69, 9.17) is 5.73 Å². The van der Waals surface area contributed by atoms with Crippen LogP contribution < -0.4 is 15.8 Å². The Morgan fingerprint density at radius 2 is 2.04 bits per heavy atom. The summed E-state index contributed by atoms with van der Waals surface area (Å²) in [6.45, 7) is 1.31. The molecule has 0 saturated heterocycles. The first-order valence-corrected chi connectivity index (χ1v) is 9.36. The number of nitrogens with one attached hydrogen (secondary N) is 2. The molecule has 25 heavy (non-hydrogen) atoms. The van der Waals surface area contributed by atoms with Crippen LogP contribution in [0.3, 0.4) is 0 Å². The first kappa shape index (κ1) is 19.0. The molecule has 0 fully saturated rings. The Bertz CT molecular complexity index is 898. The maximum absolute atomic E-state index is 13.6. The number of primary amides is 1. The predicted molar refractivity (Wildman–Crippen MR) is 89.8 cm³/mol. The minimum Gasteiger partial charge on any atom is -0.369 e. The number of aromatic nitrogens is 1. The summed E-state index contributed by atoms with van der Waals surface area (Å²) >= 11 is 1.07. The van der Waals surface area contributed by atoms with Crippen molar-refractivity contribution in [3.8, 4) is 0 Å². The highest BCUT2D eigenvalue weighted by molar-refractivity contribution is 7.89. The first-order chi connectivity index (χ1) is 11.7. The number of rotatable bonds is 7. The zero-order valence-corrected chi connectivity index (χ0v) is 14.7. The molecule has 2 aromatic rings. The van der Waals surface area contributed by atoms with Crippen molar-refractivity contribution in [1.82, 2.24) is 9.71 Å². The molecule has 0 aliphatic heterocycles. The largest absolute Gasteiger partial charge is 0.369 e. The van der Waals surface area contributed by atoms with Crippen molar-refractivity contribution in [2.24, 2.45) is 5.73 Å². The number of benzene rings is 1. The number of amides is 2. The molecule has 8 nitrogen and oxygen atoms in total. The van der Waals surface area contributed by atoms with Gasteiger partial charge in [0.15, 0.2) is 5.13 Å². The van der Waals surface area contributed by atoms with Crippen LogP contribution in [0.4, 0.5) is 9.52 Å². The van der Waals surface area contributed by atoms with Crippen molar-refractivity contribution in [3.63, 3.8) is 0 Å². The summed E-state index contributed by atoms with van der Waals surface area (Å²) < 4.78 is 40.0. The number of thiazole rings is 1. The quantitative estimate of drug-likeness (QED) is 0.642. The van der Waals surface area contributed by atoms with Gasteiger partial charge in [-0.15, -0.1) is 11.3 Å². The lowest BCUT2D eigenvalue weighted by Crippen LogP contribution is -2.41. The average Bonchev–Trinajstić information content (AvgIpc) is 2.93. The summed E-state index contributed by atoms with van der Waals surface area (Å²) in [5.74, 6) is -2.16. The lowest BCUT2D eigenvalue weighted by Gasteiger charge is -2.13. The zero-order valence-electron chi connectivity index (χ0n) is 13.0. The fourth-order valence-electron chi connectivity index (χ4n) is 1.85. The van der Waals surface area contributed by atoms with Crippen LogP contribution in [0.5, 0.6) is 0 Å². The third-order valence-corrected chi connectivity index (χ3v) is 5.37. The van der Waals surface area contributed by atoms with E-state index in [1.165, 1.54) is 19.1 Å². The second-order valence-corrected chi connectivity index (χ2v) is 7.59. The summed E-state index contributed by atoms with van der Waals surface area (Å²) in [5.41, 5.74) is 5.45. The van der Waals surface area contributed by atoms with E-state index in [0.29, 0.717) is 5.69 Å². The van der Waals surface area contributed by atoms with E-state index < -0.39 is 38.6 Å². The van der Waals surface area contributed by atoms with Crippen molar-refractivity contribution >= 4 is 38.3 Å². The SMILES string of the molecule is C[C@H](NS(=O)(=O)c1ccccc1F)C(=O)Nc1nc(CC(N)=O)cs1. The van der Waals surface area contributed by atoms with Crippen LogP contribution in [-0.4, -0.2) is 31.3 Å². The van der Waals surface area contributed by atoms with Gasteiger partial charge >= 0.3 is 0 Å². The maximum Gasteiger partial charge on any atom is 0.244 e. The molecule has 1 atom stereocenters. The minimum absolute atomic E-state index is 0.0676. The highest BCUT2D eigenvalue weighted by Gasteiger charge is 2.25. The smallest absolute Gasteiger partial charge is 0.244 e. The van der Waals surface area contributed by atoms with Gasteiger partial charge in [0.2, 0.25) is 21.8 Å². The second kappa shape index (κ2) is 7.68. The lowest BCUT2D eigenvalue weighted by molar-refractivity contribution is -0.118. The van der Waals surface area contributed by atoms with Crippen molar-refractivity contribution in [3.05, 3.63) is 41.2 Å². The van der Waals surface area contributed by atoms with Crippen LogP contribution >= 0.6 is 11.3 Å². The molecular formula is C14H15FN4O4S2. The lowest BCUT2D eigenvalue weighted by atomic mass is 10.3. The van der Waals surface area contributed by atoms with E-state index in [-0.39, 0.29) is 11.6 Å². The van der Waals surface area contributed by atoms with Crippen molar-refractivity contribution in [2.45, 2.75) is 24.3 Å². The molecule has 0 unspecified atom stereocenters. The molecule has 1 aromatic heterocycles. The maximum atomic E-state index is 13.6. The van der Waals surface area contributed by atoms with E-state index in [1.807, 2.05) is 0 Å². The highest BCUT2D eigenvalue weighted by Crippen LogP contribution is 2.17. The second-order valence-electron chi connectivity index (χ2n) is 5.05. The van der Waals surface area contributed by atoms with Crippen LogP contribution in [0.25, 0.3) is 0 Å². The third-order valence-electron chi connectivity index (χ3n) is 2.99. The molecule has 1 heterocycles. The van der Waals surface area contributed by atoms with Gasteiger partial charge in [-0.05, 0) is 19.1 Å². The van der Waals surface area contributed by atoms with E-state index in [9.17, 15) is 22.4 Å². The van der Waals surface area contributed by atoms with Crippen molar-refractivity contribution in [2.75, 3.05) is 5.32 Å². The molecule has 0 spiro atoms. The number of sulfonamides is 1. The molecule has 0 saturated carbocycles. The number of hydrogen-bond donors (Lipinski definition) is 3. The number of nitrogens with two attached hydrogens (primary N) is 1. The van der Waals surface area contributed by atoms with Crippen LogP contribution in [-0.2, 0) is 26.0 Å². The summed E-state index contributed by atoms with van der Waals surface area (Å²) in [6.07, 6.45) is -0.0676. The number of carbonyl (C=O) groups excluding carboxylic acids is 2. The summed E-state index contributed by atoms with van der Waals surface area (Å²) in [5, 5.41) is 4.16. The molecule has 0 bridgehead atoms. The summed E-state index contributed by atoms with van der Waals surface area (Å²) in [4.78, 5) is 26.3.